The van der Waals surface area contributed by atoms with E-state index in [1.807, 2.05) is 27.7 Å². The molecule has 0 atom stereocenters. The fraction of sp³-hybridized carbons (Fsp3) is 0.407. The van der Waals surface area contributed by atoms with Crippen molar-refractivity contribution in [3.63, 3.8) is 0 Å². The number of Topliss-reactive ketones (excluding diaryl/α,β-unsaturated/α-hetero) is 1. The number of carbonyl (C=O) groups is 2. The number of hydrogen-bond donors (Lipinski definition) is 0. The molecule has 37 heavy (non-hydrogen) atoms. The van der Waals surface area contributed by atoms with E-state index in [1.54, 1.807) is 0 Å². The van der Waals surface area contributed by atoms with E-state index in [0.29, 0.717) is 25.7 Å². The van der Waals surface area contributed by atoms with Gasteiger partial charge in [-0.25, -0.2) is 4.39 Å². The van der Waals surface area contributed by atoms with Gasteiger partial charge in [-0.05, 0) is 68.4 Å². The van der Waals surface area contributed by atoms with E-state index in [4.69, 9.17) is 17.5 Å². The van der Waals surface area contributed by atoms with Crippen molar-refractivity contribution in [1.29, 1.82) is 5.26 Å². The van der Waals surface area contributed by atoms with Gasteiger partial charge < -0.3 is 4.90 Å². The SMILES string of the molecule is CC.CC.CC(=O)c1ccc(N2C(=S)N(c3ccc(C#N)c(C(F)(F)F)c3)C(=O)C23CCCC3)cc1F. The molecule has 198 valence electrons. The van der Waals surface area contributed by atoms with Crippen molar-refractivity contribution in [1.82, 2.24) is 0 Å². The Morgan fingerprint density at radius 2 is 1.59 bits per heavy atom. The standard InChI is InChI=1S/C23H17F4N3O2S.2C2H6/c1-13(31)17-7-6-16(11-19(17)24)30-21(33)29(20(32)22(30)8-2-3-9-22)15-5-4-14(12-28)18(10-15)23(25,26)27;2*1-2/h4-7,10-11H,2-3,8-9H2,1H3;2*1-2H3. The molecule has 2 aliphatic rings. The molecule has 1 heterocycles. The van der Waals surface area contributed by atoms with Gasteiger partial charge in [0.15, 0.2) is 10.9 Å². The van der Waals surface area contributed by atoms with Gasteiger partial charge in [0.25, 0.3) is 5.91 Å². The fourth-order valence-corrected chi connectivity index (χ4v) is 5.06. The molecule has 0 radical (unpaired) electrons. The zero-order chi connectivity index (χ0) is 28.1. The first-order valence-electron chi connectivity index (χ1n) is 12.1. The largest absolute Gasteiger partial charge is 0.417 e. The monoisotopic (exact) mass is 535 g/mol. The quantitative estimate of drug-likeness (QED) is 0.232. The molecule has 0 aromatic heterocycles. The number of thiocarbonyl (C=S) groups is 1. The van der Waals surface area contributed by atoms with Crippen molar-refractivity contribution in [3.05, 3.63) is 58.9 Å². The van der Waals surface area contributed by atoms with Crippen LogP contribution in [0.5, 0.6) is 0 Å². The van der Waals surface area contributed by atoms with Crippen molar-refractivity contribution >= 4 is 40.4 Å². The van der Waals surface area contributed by atoms with Crippen molar-refractivity contribution in [2.24, 2.45) is 0 Å². The van der Waals surface area contributed by atoms with Crippen LogP contribution in [-0.2, 0) is 11.0 Å². The molecule has 0 bridgehead atoms. The van der Waals surface area contributed by atoms with Gasteiger partial charge in [-0.15, -0.1) is 0 Å². The van der Waals surface area contributed by atoms with E-state index in [1.165, 1.54) is 36.1 Å². The van der Waals surface area contributed by atoms with E-state index < -0.39 is 40.3 Å². The van der Waals surface area contributed by atoms with Crippen LogP contribution in [0.25, 0.3) is 0 Å². The fourth-order valence-electron chi connectivity index (χ4n) is 4.59. The summed E-state index contributed by atoms with van der Waals surface area (Å²) in [7, 11) is 0. The topological polar surface area (TPSA) is 64.4 Å². The van der Waals surface area contributed by atoms with Crippen LogP contribution in [-0.4, -0.2) is 22.3 Å². The average Bonchev–Trinajstić information content (AvgIpc) is 3.44. The van der Waals surface area contributed by atoms with Crippen LogP contribution in [0, 0.1) is 17.1 Å². The number of amides is 1. The first-order chi connectivity index (χ1) is 17.5. The molecule has 2 fully saturated rings. The number of nitrogens with zero attached hydrogens (tertiary/aromatic N) is 3. The normalized spacial score (nSPS) is 16.1. The van der Waals surface area contributed by atoms with Crippen LogP contribution in [0.2, 0.25) is 0 Å². The van der Waals surface area contributed by atoms with Crippen molar-refractivity contribution in [2.75, 3.05) is 9.80 Å². The summed E-state index contributed by atoms with van der Waals surface area (Å²) in [6, 6.07) is 8.37. The predicted molar refractivity (Wildman–Crippen MR) is 139 cm³/mol. The zero-order valence-corrected chi connectivity index (χ0v) is 22.2. The minimum atomic E-state index is -4.80. The lowest BCUT2D eigenvalue weighted by molar-refractivity contribution is -0.137. The van der Waals surface area contributed by atoms with E-state index >= 15 is 0 Å². The highest BCUT2D eigenvalue weighted by Crippen LogP contribution is 2.46. The molecule has 5 nitrogen and oxygen atoms in total. The first kappa shape index (κ1) is 29.9. The molecular formula is C27H29F4N3O2S. The zero-order valence-electron chi connectivity index (χ0n) is 21.4. The minimum absolute atomic E-state index is 0.0882. The Hall–Kier alpha value is -3.32. The number of alkyl halides is 3. The molecule has 10 heteroatoms. The van der Waals surface area contributed by atoms with Crippen molar-refractivity contribution in [3.8, 4) is 6.07 Å². The van der Waals surface area contributed by atoms with Crippen LogP contribution >= 0.6 is 12.2 Å². The summed E-state index contributed by atoms with van der Waals surface area (Å²) in [6.07, 6.45) is -2.65. The van der Waals surface area contributed by atoms with Gasteiger partial charge in [-0.1, -0.05) is 40.5 Å². The van der Waals surface area contributed by atoms with Gasteiger partial charge in [0.1, 0.15) is 11.4 Å². The molecule has 1 amide bonds. The maximum atomic E-state index is 14.6. The number of benzene rings is 2. The molecular weight excluding hydrogens is 506 g/mol. The molecule has 4 rings (SSSR count). The highest BCUT2D eigenvalue weighted by atomic mass is 32.1. The van der Waals surface area contributed by atoms with Gasteiger partial charge in [-0.2, -0.15) is 18.4 Å². The Morgan fingerprint density at radius 1 is 1.03 bits per heavy atom. The maximum Gasteiger partial charge on any atom is 0.417 e. The highest BCUT2D eigenvalue weighted by molar-refractivity contribution is 7.81. The number of hydrogen-bond acceptors (Lipinski definition) is 4. The maximum absolute atomic E-state index is 14.6. The van der Waals surface area contributed by atoms with Gasteiger partial charge in [-0.3, -0.25) is 14.5 Å². The second-order valence-corrected chi connectivity index (χ2v) is 8.42. The first-order valence-corrected chi connectivity index (χ1v) is 12.5. The summed E-state index contributed by atoms with van der Waals surface area (Å²) >= 11 is 5.53. The van der Waals surface area contributed by atoms with Crippen LogP contribution in [0.4, 0.5) is 28.9 Å². The smallest absolute Gasteiger partial charge is 0.303 e. The van der Waals surface area contributed by atoms with E-state index in [-0.39, 0.29) is 22.1 Å². The molecule has 0 unspecified atom stereocenters. The predicted octanol–water partition coefficient (Wildman–Crippen LogP) is 7.42. The summed E-state index contributed by atoms with van der Waals surface area (Å²) in [6.45, 7) is 9.23. The molecule has 2 aromatic carbocycles. The van der Waals surface area contributed by atoms with Gasteiger partial charge in [0.2, 0.25) is 0 Å². The second kappa shape index (κ2) is 11.8. The second-order valence-electron chi connectivity index (χ2n) is 8.06. The minimum Gasteiger partial charge on any atom is -0.303 e. The van der Waals surface area contributed by atoms with Crippen LogP contribution in [0.3, 0.4) is 0 Å². The molecule has 1 aliphatic carbocycles. The molecule has 0 N–H and O–H groups in total. The van der Waals surface area contributed by atoms with E-state index in [9.17, 15) is 27.2 Å². The summed E-state index contributed by atoms with van der Waals surface area (Å²) in [5.74, 6) is -1.74. The summed E-state index contributed by atoms with van der Waals surface area (Å²) in [4.78, 5) is 27.7. The molecule has 1 saturated carbocycles. The lowest BCUT2D eigenvalue weighted by atomic mass is 9.94. The third-order valence-corrected chi connectivity index (χ3v) is 6.49. The Morgan fingerprint density at radius 3 is 2.08 bits per heavy atom. The third-order valence-electron chi connectivity index (χ3n) is 6.12. The van der Waals surface area contributed by atoms with Gasteiger partial charge >= 0.3 is 6.18 Å². The highest BCUT2D eigenvalue weighted by Gasteiger charge is 2.57. The summed E-state index contributed by atoms with van der Waals surface area (Å²) in [5, 5.41) is 8.98. The molecule has 1 saturated heterocycles. The number of rotatable bonds is 3. The Balaban J connectivity index is 0.00000115. The number of anilines is 2. The summed E-state index contributed by atoms with van der Waals surface area (Å²) < 4.78 is 55.1. The number of ketones is 1. The Kier molecular flexibility index (Phi) is 9.55. The van der Waals surface area contributed by atoms with Crippen molar-refractivity contribution in [2.45, 2.75) is 72.0 Å². The number of carbonyl (C=O) groups excluding carboxylic acids is 2. The summed E-state index contributed by atoms with van der Waals surface area (Å²) in [5.41, 5.74) is -2.90. The van der Waals surface area contributed by atoms with E-state index in [2.05, 4.69) is 0 Å². The molecule has 1 aliphatic heterocycles. The van der Waals surface area contributed by atoms with Crippen LogP contribution in [0.15, 0.2) is 36.4 Å². The van der Waals surface area contributed by atoms with Crippen LogP contribution < -0.4 is 9.80 Å². The third kappa shape index (κ3) is 5.37. The number of nitriles is 1. The Bertz CT molecular complexity index is 1230. The molecule has 2 aromatic rings. The Labute approximate surface area is 219 Å². The van der Waals surface area contributed by atoms with Gasteiger partial charge in [0, 0.05) is 5.69 Å². The number of halogens is 4. The van der Waals surface area contributed by atoms with E-state index in [0.717, 1.165) is 23.1 Å². The molecule has 1 spiro atoms. The average molecular weight is 536 g/mol. The lowest BCUT2D eigenvalue weighted by Crippen LogP contribution is -2.47. The van der Waals surface area contributed by atoms with Crippen molar-refractivity contribution < 1.29 is 27.2 Å². The lowest BCUT2D eigenvalue weighted by Gasteiger charge is -2.32. The van der Waals surface area contributed by atoms with Gasteiger partial charge in [0.05, 0.1) is 28.4 Å². The van der Waals surface area contributed by atoms with Crippen LogP contribution in [0.1, 0.15) is 81.8 Å².